The topological polar surface area (TPSA) is 100 Å². The molecular formula is C26H30F3N3O5. The van der Waals surface area contributed by atoms with Crippen molar-refractivity contribution in [2.45, 2.75) is 51.4 Å². The van der Waals surface area contributed by atoms with Gasteiger partial charge >= 0.3 is 12.3 Å². The first kappa shape index (κ1) is 27.8. The van der Waals surface area contributed by atoms with Crippen molar-refractivity contribution in [3.05, 3.63) is 59.7 Å². The molecule has 1 aliphatic rings. The molecule has 0 radical (unpaired) electrons. The van der Waals surface area contributed by atoms with Gasteiger partial charge in [0.2, 0.25) is 0 Å². The smallest absolute Gasteiger partial charge is 0.481 e. The molecule has 1 saturated heterocycles. The van der Waals surface area contributed by atoms with Gasteiger partial charge in [-0.3, -0.25) is 9.59 Å². The molecule has 0 saturated carbocycles. The Morgan fingerprint density at radius 3 is 2.43 bits per heavy atom. The summed E-state index contributed by atoms with van der Waals surface area (Å²) < 4.78 is 47.1. The first-order chi connectivity index (χ1) is 17.7. The van der Waals surface area contributed by atoms with E-state index in [0.717, 1.165) is 31.2 Å². The third-order valence-corrected chi connectivity index (χ3v) is 5.72. The molecule has 200 valence electrons. The van der Waals surface area contributed by atoms with E-state index in [0.29, 0.717) is 30.4 Å². The molecule has 1 heterocycles. The minimum Gasteiger partial charge on any atom is -0.481 e. The molecule has 11 heteroatoms. The molecule has 1 atom stereocenters. The number of carboxylic acid groups (broad SMARTS) is 1. The number of amidine groups is 1. The van der Waals surface area contributed by atoms with Crippen LogP contribution in [0.3, 0.4) is 0 Å². The highest BCUT2D eigenvalue weighted by atomic mass is 19.4. The summed E-state index contributed by atoms with van der Waals surface area (Å²) in [5.41, 5.74) is 1.76. The van der Waals surface area contributed by atoms with E-state index in [4.69, 9.17) is 9.84 Å². The Morgan fingerprint density at radius 1 is 1.11 bits per heavy atom. The summed E-state index contributed by atoms with van der Waals surface area (Å²) in [7, 11) is 0. The summed E-state index contributed by atoms with van der Waals surface area (Å²) in [5, 5.41) is 11.3. The molecule has 1 amide bonds. The molecule has 2 N–H and O–H groups in total. The van der Waals surface area contributed by atoms with E-state index >= 15 is 0 Å². The highest BCUT2D eigenvalue weighted by Gasteiger charge is 2.33. The molecule has 1 unspecified atom stereocenters. The van der Waals surface area contributed by atoms with Crippen LogP contribution in [0.15, 0.2) is 53.5 Å². The zero-order valence-electron chi connectivity index (χ0n) is 20.5. The minimum absolute atomic E-state index is 0.0427. The number of hydrogen-bond donors (Lipinski definition) is 2. The van der Waals surface area contributed by atoms with E-state index in [1.54, 1.807) is 12.1 Å². The number of unbranched alkanes of at least 4 members (excludes halogenated alkanes) is 3. The average Bonchev–Trinajstić information content (AvgIpc) is 3.24. The predicted octanol–water partition coefficient (Wildman–Crippen LogP) is 5.43. The normalized spacial score (nSPS) is 16.5. The van der Waals surface area contributed by atoms with Crippen molar-refractivity contribution in [3.63, 3.8) is 0 Å². The van der Waals surface area contributed by atoms with Crippen LogP contribution in [0, 0.1) is 0 Å². The molecule has 0 bridgehead atoms. The van der Waals surface area contributed by atoms with Crippen LogP contribution < -0.4 is 10.1 Å². The van der Waals surface area contributed by atoms with Gasteiger partial charge in [0.05, 0.1) is 18.2 Å². The Bertz CT molecular complexity index is 1070. The highest BCUT2D eigenvalue weighted by Crippen LogP contribution is 2.31. The predicted molar refractivity (Wildman–Crippen MR) is 131 cm³/mol. The summed E-state index contributed by atoms with van der Waals surface area (Å²) >= 11 is 0. The maximum absolute atomic E-state index is 12.4. The van der Waals surface area contributed by atoms with Crippen LogP contribution in [0.1, 0.15) is 61.0 Å². The Balaban J connectivity index is 1.74. The lowest BCUT2D eigenvalue weighted by atomic mass is 10.0. The number of carboxylic acids is 1. The van der Waals surface area contributed by atoms with Crippen LogP contribution >= 0.6 is 0 Å². The SMILES string of the molecule is CCCCCCN1C(=Nc2ccc(OC(F)(F)F)cc2)OCC1c1ccc(C(=O)NCCC(=O)O)cc1. The molecule has 0 aliphatic carbocycles. The van der Waals surface area contributed by atoms with E-state index in [9.17, 15) is 22.8 Å². The molecular weight excluding hydrogens is 491 g/mol. The number of carbonyl (C=O) groups excluding carboxylic acids is 1. The Labute approximate surface area is 213 Å². The van der Waals surface area contributed by atoms with Crippen molar-refractivity contribution >= 4 is 23.6 Å². The van der Waals surface area contributed by atoms with Gasteiger partial charge in [-0.2, -0.15) is 4.99 Å². The number of ether oxygens (including phenoxy) is 2. The van der Waals surface area contributed by atoms with Gasteiger partial charge in [-0.25, -0.2) is 0 Å². The number of aliphatic imine (C=N–C) groups is 1. The third-order valence-electron chi connectivity index (χ3n) is 5.72. The number of rotatable bonds is 12. The van der Waals surface area contributed by atoms with Gasteiger partial charge in [0.15, 0.2) is 0 Å². The lowest BCUT2D eigenvalue weighted by Crippen LogP contribution is -2.30. The summed E-state index contributed by atoms with van der Waals surface area (Å²) in [6.45, 7) is 3.17. The fourth-order valence-corrected chi connectivity index (χ4v) is 3.87. The van der Waals surface area contributed by atoms with E-state index in [1.807, 2.05) is 17.0 Å². The lowest BCUT2D eigenvalue weighted by Gasteiger charge is -2.24. The number of hydrogen-bond acceptors (Lipinski definition) is 5. The number of halogens is 3. The van der Waals surface area contributed by atoms with Gasteiger partial charge in [-0.15, -0.1) is 13.2 Å². The van der Waals surface area contributed by atoms with Crippen molar-refractivity contribution in [2.75, 3.05) is 19.7 Å². The Hall–Kier alpha value is -3.76. The first-order valence-electron chi connectivity index (χ1n) is 12.1. The lowest BCUT2D eigenvalue weighted by molar-refractivity contribution is -0.274. The quantitative estimate of drug-likeness (QED) is 0.361. The zero-order valence-corrected chi connectivity index (χ0v) is 20.5. The summed E-state index contributed by atoms with van der Waals surface area (Å²) in [5.74, 6) is -1.67. The summed E-state index contributed by atoms with van der Waals surface area (Å²) in [6, 6.07) is 12.5. The number of aliphatic carboxylic acids is 1. The van der Waals surface area contributed by atoms with E-state index < -0.39 is 12.3 Å². The maximum Gasteiger partial charge on any atom is 0.573 e. The largest absolute Gasteiger partial charge is 0.573 e. The van der Waals surface area contributed by atoms with Gasteiger partial charge in [0.25, 0.3) is 11.9 Å². The number of amides is 1. The standard InChI is InChI=1S/C26H30F3N3O5/c1-2-3-4-5-16-32-22(18-6-8-19(9-7-18)24(35)30-15-14-23(33)34)17-36-25(32)31-20-10-12-21(13-11-20)37-26(27,28)29/h6-13,22H,2-5,14-17H2,1H3,(H,30,35)(H,33,34). The van der Waals surface area contributed by atoms with Gasteiger partial charge in [-0.1, -0.05) is 38.3 Å². The van der Waals surface area contributed by atoms with Crippen molar-refractivity contribution in [2.24, 2.45) is 4.99 Å². The van der Waals surface area contributed by atoms with Crippen LogP contribution in [0.25, 0.3) is 0 Å². The molecule has 2 aromatic carbocycles. The second-order valence-corrected chi connectivity index (χ2v) is 8.54. The van der Waals surface area contributed by atoms with Crippen LogP contribution in [0.4, 0.5) is 18.9 Å². The zero-order chi connectivity index (χ0) is 26.8. The van der Waals surface area contributed by atoms with Gasteiger partial charge in [-0.05, 0) is 48.4 Å². The number of nitrogens with zero attached hydrogens (tertiary/aromatic N) is 2. The van der Waals surface area contributed by atoms with Crippen molar-refractivity contribution in [1.82, 2.24) is 10.2 Å². The number of nitrogens with one attached hydrogen (secondary N) is 1. The fourth-order valence-electron chi connectivity index (χ4n) is 3.87. The van der Waals surface area contributed by atoms with Crippen molar-refractivity contribution < 1.29 is 37.3 Å². The number of alkyl halides is 3. The van der Waals surface area contributed by atoms with Crippen molar-refractivity contribution in [1.29, 1.82) is 0 Å². The summed E-state index contributed by atoms with van der Waals surface area (Å²) in [4.78, 5) is 29.4. The monoisotopic (exact) mass is 521 g/mol. The van der Waals surface area contributed by atoms with E-state index in [2.05, 4.69) is 22.0 Å². The highest BCUT2D eigenvalue weighted by molar-refractivity contribution is 5.94. The maximum atomic E-state index is 12.4. The first-order valence-corrected chi connectivity index (χ1v) is 12.1. The number of carbonyl (C=O) groups is 2. The van der Waals surface area contributed by atoms with Crippen LogP contribution in [0.5, 0.6) is 5.75 Å². The van der Waals surface area contributed by atoms with Crippen LogP contribution in [0.2, 0.25) is 0 Å². The molecule has 37 heavy (non-hydrogen) atoms. The summed E-state index contributed by atoms with van der Waals surface area (Å²) in [6.07, 6.45) is -0.794. The van der Waals surface area contributed by atoms with E-state index in [1.165, 1.54) is 24.3 Å². The van der Waals surface area contributed by atoms with E-state index in [-0.39, 0.29) is 30.7 Å². The molecule has 8 nitrogen and oxygen atoms in total. The van der Waals surface area contributed by atoms with Gasteiger partial charge in [0, 0.05) is 18.7 Å². The van der Waals surface area contributed by atoms with Crippen LogP contribution in [-0.2, 0) is 9.53 Å². The molecule has 1 aliphatic heterocycles. The molecule has 0 aromatic heterocycles. The third kappa shape index (κ3) is 8.69. The van der Waals surface area contributed by atoms with Crippen molar-refractivity contribution in [3.8, 4) is 5.75 Å². The Morgan fingerprint density at radius 2 is 1.81 bits per heavy atom. The molecule has 1 fully saturated rings. The van der Waals surface area contributed by atoms with Gasteiger partial charge < -0.3 is 24.8 Å². The second kappa shape index (κ2) is 13.0. The Kier molecular flexibility index (Phi) is 9.76. The molecule has 2 aromatic rings. The van der Waals surface area contributed by atoms with Crippen LogP contribution in [-0.4, -0.2) is 54.0 Å². The van der Waals surface area contributed by atoms with Gasteiger partial charge in [0.1, 0.15) is 12.4 Å². The fraction of sp³-hybridized carbons (Fsp3) is 0.423. The molecule has 0 spiro atoms. The average molecular weight is 522 g/mol. The molecule has 3 rings (SSSR count). The minimum atomic E-state index is -4.76. The second-order valence-electron chi connectivity index (χ2n) is 8.54. The number of benzene rings is 2.